The SMILES string of the molecule is Cc1ccc(Cn2c(=O)sc3c(=O)[nH]c(N)nc32)cn1. The lowest BCUT2D eigenvalue weighted by atomic mass is 10.2. The molecule has 0 radical (unpaired) electrons. The van der Waals surface area contributed by atoms with Crippen LogP contribution in [-0.2, 0) is 6.54 Å². The van der Waals surface area contributed by atoms with Crippen LogP contribution in [0.2, 0.25) is 0 Å². The zero-order chi connectivity index (χ0) is 14.3. The van der Waals surface area contributed by atoms with Gasteiger partial charge in [0.15, 0.2) is 5.65 Å². The Labute approximate surface area is 116 Å². The van der Waals surface area contributed by atoms with Crippen LogP contribution in [0.15, 0.2) is 27.9 Å². The molecule has 0 spiro atoms. The third-order valence-electron chi connectivity index (χ3n) is 2.86. The Bertz CT molecular complexity index is 891. The maximum Gasteiger partial charge on any atom is 0.309 e. The number of nitrogens with zero attached hydrogens (tertiary/aromatic N) is 3. The fraction of sp³-hybridized carbons (Fsp3) is 0.167. The van der Waals surface area contributed by atoms with Crippen molar-refractivity contribution >= 4 is 27.6 Å². The van der Waals surface area contributed by atoms with E-state index in [4.69, 9.17) is 5.73 Å². The van der Waals surface area contributed by atoms with Crippen molar-refractivity contribution in [2.75, 3.05) is 5.73 Å². The zero-order valence-corrected chi connectivity index (χ0v) is 11.4. The molecule has 0 aliphatic heterocycles. The second-order valence-corrected chi connectivity index (χ2v) is 5.33. The van der Waals surface area contributed by atoms with Crippen molar-refractivity contribution in [3.8, 4) is 0 Å². The number of nitrogens with two attached hydrogens (primary N) is 1. The Kier molecular flexibility index (Phi) is 2.87. The van der Waals surface area contributed by atoms with Crippen LogP contribution in [0, 0.1) is 6.92 Å². The number of aryl methyl sites for hydroxylation is 1. The van der Waals surface area contributed by atoms with E-state index in [0.29, 0.717) is 12.2 Å². The smallest absolute Gasteiger partial charge is 0.309 e. The molecule has 0 unspecified atom stereocenters. The average Bonchev–Trinajstić information content (AvgIpc) is 2.70. The van der Waals surface area contributed by atoms with E-state index in [-0.39, 0.29) is 15.5 Å². The summed E-state index contributed by atoms with van der Waals surface area (Å²) in [7, 11) is 0. The van der Waals surface area contributed by atoms with Crippen molar-refractivity contribution < 1.29 is 0 Å². The van der Waals surface area contributed by atoms with E-state index in [1.54, 1.807) is 6.20 Å². The average molecular weight is 289 g/mol. The van der Waals surface area contributed by atoms with Gasteiger partial charge < -0.3 is 5.73 Å². The molecule has 7 nitrogen and oxygen atoms in total. The van der Waals surface area contributed by atoms with Gasteiger partial charge in [-0.05, 0) is 18.6 Å². The number of thiazole rings is 1. The summed E-state index contributed by atoms with van der Waals surface area (Å²) in [5.41, 5.74) is 7.20. The first kappa shape index (κ1) is 12.5. The summed E-state index contributed by atoms with van der Waals surface area (Å²) in [6, 6.07) is 3.75. The zero-order valence-electron chi connectivity index (χ0n) is 10.6. The molecule has 0 bridgehead atoms. The minimum absolute atomic E-state index is 0.00363. The number of H-pyrrole nitrogens is 1. The van der Waals surface area contributed by atoms with E-state index >= 15 is 0 Å². The summed E-state index contributed by atoms with van der Waals surface area (Å²) >= 11 is 0.862. The van der Waals surface area contributed by atoms with E-state index in [2.05, 4.69) is 15.0 Å². The van der Waals surface area contributed by atoms with Crippen LogP contribution in [0.3, 0.4) is 0 Å². The minimum Gasteiger partial charge on any atom is -0.369 e. The minimum atomic E-state index is -0.393. The van der Waals surface area contributed by atoms with Gasteiger partial charge in [0.1, 0.15) is 4.70 Å². The van der Waals surface area contributed by atoms with Crippen molar-refractivity contribution in [3.63, 3.8) is 0 Å². The highest BCUT2D eigenvalue weighted by atomic mass is 32.1. The molecule has 0 aliphatic rings. The number of pyridine rings is 1. The maximum atomic E-state index is 12.0. The van der Waals surface area contributed by atoms with Crippen LogP contribution in [0.1, 0.15) is 11.3 Å². The number of nitrogens with one attached hydrogen (secondary N) is 1. The molecular weight excluding hydrogens is 278 g/mol. The third kappa shape index (κ3) is 2.10. The monoisotopic (exact) mass is 289 g/mol. The topological polar surface area (TPSA) is 107 Å². The van der Waals surface area contributed by atoms with Gasteiger partial charge in [0.25, 0.3) is 5.56 Å². The maximum absolute atomic E-state index is 12.0. The van der Waals surface area contributed by atoms with Gasteiger partial charge >= 0.3 is 4.87 Å². The molecule has 8 heteroatoms. The van der Waals surface area contributed by atoms with Gasteiger partial charge in [0.05, 0.1) is 6.54 Å². The second-order valence-electron chi connectivity index (χ2n) is 4.37. The molecule has 3 aromatic rings. The van der Waals surface area contributed by atoms with Gasteiger partial charge in [-0.3, -0.25) is 24.1 Å². The summed E-state index contributed by atoms with van der Waals surface area (Å²) < 4.78 is 1.71. The highest BCUT2D eigenvalue weighted by molar-refractivity contribution is 7.16. The van der Waals surface area contributed by atoms with Crippen LogP contribution >= 0.6 is 11.3 Å². The first-order valence-corrected chi connectivity index (χ1v) is 6.67. The van der Waals surface area contributed by atoms with Crippen molar-refractivity contribution in [2.24, 2.45) is 0 Å². The molecule has 0 fully saturated rings. The van der Waals surface area contributed by atoms with E-state index in [1.165, 1.54) is 4.57 Å². The van der Waals surface area contributed by atoms with Gasteiger partial charge in [-0.1, -0.05) is 17.4 Å². The Morgan fingerprint density at radius 2 is 2.20 bits per heavy atom. The van der Waals surface area contributed by atoms with Crippen molar-refractivity contribution in [1.82, 2.24) is 19.5 Å². The molecule has 20 heavy (non-hydrogen) atoms. The lowest BCUT2D eigenvalue weighted by Gasteiger charge is -2.03. The second kappa shape index (κ2) is 4.57. The van der Waals surface area contributed by atoms with E-state index in [9.17, 15) is 9.59 Å². The molecule has 102 valence electrons. The first-order valence-electron chi connectivity index (χ1n) is 5.85. The first-order chi connectivity index (χ1) is 9.54. The van der Waals surface area contributed by atoms with Crippen molar-refractivity contribution in [2.45, 2.75) is 13.5 Å². The normalized spacial score (nSPS) is 11.1. The summed E-state index contributed by atoms with van der Waals surface area (Å²) in [6.45, 7) is 2.19. The van der Waals surface area contributed by atoms with Crippen LogP contribution in [0.5, 0.6) is 0 Å². The van der Waals surface area contributed by atoms with Crippen LogP contribution in [0.25, 0.3) is 10.3 Å². The van der Waals surface area contributed by atoms with Crippen LogP contribution < -0.4 is 16.2 Å². The fourth-order valence-corrected chi connectivity index (χ4v) is 2.71. The van der Waals surface area contributed by atoms with Gasteiger partial charge in [-0.2, -0.15) is 4.98 Å². The molecule has 3 N–H and O–H groups in total. The Morgan fingerprint density at radius 3 is 2.90 bits per heavy atom. The molecule has 3 aromatic heterocycles. The number of aromatic nitrogens is 4. The predicted molar refractivity (Wildman–Crippen MR) is 77.0 cm³/mol. The highest BCUT2D eigenvalue weighted by Crippen LogP contribution is 2.12. The number of fused-ring (bicyclic) bond motifs is 1. The number of aromatic amines is 1. The summed E-state index contributed by atoms with van der Waals surface area (Å²) in [6.07, 6.45) is 1.70. The van der Waals surface area contributed by atoms with Gasteiger partial charge in [-0.25, -0.2) is 0 Å². The van der Waals surface area contributed by atoms with Gasteiger partial charge in [0.2, 0.25) is 5.95 Å². The highest BCUT2D eigenvalue weighted by Gasteiger charge is 2.13. The molecule has 3 rings (SSSR count). The number of anilines is 1. The molecule has 0 aliphatic carbocycles. The molecule has 0 saturated heterocycles. The molecule has 0 saturated carbocycles. The predicted octanol–water partition coefficient (Wildman–Crippen LogP) is 0.480. The number of hydrogen-bond acceptors (Lipinski definition) is 6. The summed E-state index contributed by atoms with van der Waals surface area (Å²) in [5.74, 6) is -0.00363. The molecule has 0 amide bonds. The molecular formula is C12H11N5O2S. The number of rotatable bonds is 2. The molecule has 0 atom stereocenters. The van der Waals surface area contributed by atoms with Crippen LogP contribution in [0.4, 0.5) is 5.95 Å². The van der Waals surface area contributed by atoms with E-state index in [0.717, 1.165) is 22.6 Å². The Hall–Kier alpha value is -2.48. The lowest BCUT2D eigenvalue weighted by Crippen LogP contribution is -2.16. The lowest BCUT2D eigenvalue weighted by molar-refractivity contribution is 0.798. The number of nitrogen functional groups attached to an aromatic ring is 1. The third-order valence-corrected chi connectivity index (χ3v) is 3.82. The Balaban J connectivity index is 2.16. The fourth-order valence-electron chi connectivity index (χ4n) is 1.89. The molecule has 0 aromatic carbocycles. The van der Waals surface area contributed by atoms with Crippen molar-refractivity contribution in [3.05, 3.63) is 49.6 Å². The largest absolute Gasteiger partial charge is 0.369 e. The Morgan fingerprint density at radius 1 is 1.40 bits per heavy atom. The van der Waals surface area contributed by atoms with Gasteiger partial charge in [-0.15, -0.1) is 0 Å². The van der Waals surface area contributed by atoms with E-state index < -0.39 is 5.56 Å². The number of hydrogen-bond donors (Lipinski definition) is 2. The summed E-state index contributed by atoms with van der Waals surface area (Å²) in [5, 5.41) is 0. The molecule has 3 heterocycles. The summed E-state index contributed by atoms with van der Waals surface area (Å²) in [4.78, 5) is 34.1. The van der Waals surface area contributed by atoms with Crippen molar-refractivity contribution in [1.29, 1.82) is 0 Å². The van der Waals surface area contributed by atoms with E-state index in [1.807, 2.05) is 19.1 Å². The standard InChI is InChI=1S/C12H11N5O2S/c1-6-2-3-7(4-14-6)5-17-9-8(20-12(17)19)10(18)16-11(13)15-9/h2-4H,5H2,1H3,(H3,13,15,16,18). The van der Waals surface area contributed by atoms with Gasteiger partial charge in [0, 0.05) is 11.9 Å². The quantitative estimate of drug-likeness (QED) is 0.713. The van der Waals surface area contributed by atoms with Crippen LogP contribution in [-0.4, -0.2) is 19.5 Å².